The van der Waals surface area contributed by atoms with Crippen LogP contribution in [0, 0.1) is 0 Å². The Hall–Kier alpha value is -2.17. The van der Waals surface area contributed by atoms with E-state index in [1.807, 2.05) is 13.0 Å². The lowest BCUT2D eigenvalue weighted by Gasteiger charge is -2.21. The minimum absolute atomic E-state index is 0.00697. The molecule has 0 amide bonds. The first-order valence-corrected chi connectivity index (χ1v) is 9.49. The van der Waals surface area contributed by atoms with E-state index in [4.69, 9.17) is 16.6 Å². The van der Waals surface area contributed by atoms with Crippen LogP contribution in [0.3, 0.4) is 0 Å². The van der Waals surface area contributed by atoms with Gasteiger partial charge < -0.3 is 5.32 Å². The van der Waals surface area contributed by atoms with E-state index in [1.165, 1.54) is 5.56 Å². The summed E-state index contributed by atoms with van der Waals surface area (Å²) in [6.07, 6.45) is 1.79. The Morgan fingerprint density at radius 3 is 2.62 bits per heavy atom. The third-order valence-corrected chi connectivity index (χ3v) is 4.87. The van der Waals surface area contributed by atoms with Crippen molar-refractivity contribution in [3.8, 4) is 0 Å². The third-order valence-electron chi connectivity index (χ3n) is 4.63. The fourth-order valence-corrected chi connectivity index (χ4v) is 3.40. The number of aromatic nitrogens is 2. The molecule has 0 bridgehead atoms. The summed E-state index contributed by atoms with van der Waals surface area (Å²) < 4.78 is 1.76. The maximum atomic E-state index is 12.9. The topological polar surface area (TPSA) is 46.9 Å². The molecule has 1 aromatic heterocycles. The molecule has 0 saturated carbocycles. The number of fused-ring (bicyclic) bond motifs is 1. The lowest BCUT2D eigenvalue weighted by Crippen LogP contribution is -2.32. The monoisotopic (exact) mass is 369 g/mol. The summed E-state index contributed by atoms with van der Waals surface area (Å²) in [4.78, 5) is 17.6. The first kappa shape index (κ1) is 18.6. The van der Waals surface area contributed by atoms with Crippen LogP contribution < -0.4 is 10.9 Å². The molecule has 0 aliphatic carbocycles. The molecule has 1 atom stereocenters. The summed E-state index contributed by atoms with van der Waals surface area (Å²) in [7, 11) is 0. The lowest BCUT2D eigenvalue weighted by atomic mass is 10.1. The van der Waals surface area contributed by atoms with E-state index in [2.05, 4.69) is 36.5 Å². The standard InChI is InChI=1S/C21H24ClN3O/c1-3-18(23-13-12-15-8-6-5-7-9-15)20-24-19-14-16(22)10-11-17(19)21(26)25(20)4-2/h5-11,14,18,23H,3-4,12-13H2,1-2H3. The van der Waals surface area contributed by atoms with Gasteiger partial charge in [-0.25, -0.2) is 4.98 Å². The predicted molar refractivity (Wildman–Crippen MR) is 108 cm³/mol. The van der Waals surface area contributed by atoms with E-state index in [9.17, 15) is 4.79 Å². The highest BCUT2D eigenvalue weighted by Gasteiger charge is 2.17. The van der Waals surface area contributed by atoms with Crippen LogP contribution >= 0.6 is 11.6 Å². The second kappa shape index (κ2) is 8.47. The molecule has 0 aliphatic heterocycles. The Bertz CT molecular complexity index is 937. The molecule has 136 valence electrons. The molecular weight excluding hydrogens is 346 g/mol. The van der Waals surface area contributed by atoms with Crippen molar-refractivity contribution in [3.63, 3.8) is 0 Å². The van der Waals surface area contributed by atoms with E-state index < -0.39 is 0 Å². The molecule has 1 heterocycles. The van der Waals surface area contributed by atoms with E-state index in [0.717, 1.165) is 25.2 Å². The molecule has 4 nitrogen and oxygen atoms in total. The average molecular weight is 370 g/mol. The average Bonchev–Trinajstić information content (AvgIpc) is 2.66. The van der Waals surface area contributed by atoms with Crippen molar-refractivity contribution in [1.29, 1.82) is 0 Å². The van der Waals surface area contributed by atoms with Crippen molar-refractivity contribution >= 4 is 22.5 Å². The maximum Gasteiger partial charge on any atom is 0.261 e. The first-order valence-electron chi connectivity index (χ1n) is 9.11. The van der Waals surface area contributed by atoms with Gasteiger partial charge in [-0.1, -0.05) is 48.9 Å². The van der Waals surface area contributed by atoms with Gasteiger partial charge in [0.2, 0.25) is 0 Å². The van der Waals surface area contributed by atoms with E-state index in [0.29, 0.717) is 22.5 Å². The van der Waals surface area contributed by atoms with Gasteiger partial charge in [0.1, 0.15) is 5.82 Å². The van der Waals surface area contributed by atoms with E-state index >= 15 is 0 Å². The van der Waals surface area contributed by atoms with Crippen LogP contribution in [0.25, 0.3) is 10.9 Å². The number of nitrogens with zero attached hydrogens (tertiary/aromatic N) is 2. The van der Waals surface area contributed by atoms with Gasteiger partial charge in [0.25, 0.3) is 5.56 Å². The number of nitrogens with one attached hydrogen (secondary N) is 1. The Balaban J connectivity index is 1.89. The zero-order valence-corrected chi connectivity index (χ0v) is 16.0. The minimum Gasteiger partial charge on any atom is -0.307 e. The fourth-order valence-electron chi connectivity index (χ4n) is 3.24. The molecule has 2 aromatic carbocycles. The number of hydrogen-bond acceptors (Lipinski definition) is 3. The van der Waals surface area contributed by atoms with Gasteiger partial charge in [-0.05, 0) is 50.1 Å². The number of hydrogen-bond donors (Lipinski definition) is 1. The van der Waals surface area contributed by atoms with Crippen molar-refractivity contribution in [2.45, 2.75) is 39.3 Å². The normalized spacial score (nSPS) is 12.4. The summed E-state index contributed by atoms with van der Waals surface area (Å²) in [6.45, 7) is 5.51. The third kappa shape index (κ3) is 3.97. The second-order valence-corrected chi connectivity index (χ2v) is 6.77. The van der Waals surface area contributed by atoms with Crippen LogP contribution in [0.1, 0.15) is 37.7 Å². The Labute approximate surface area is 158 Å². The Morgan fingerprint density at radius 2 is 1.92 bits per heavy atom. The van der Waals surface area contributed by atoms with Crippen molar-refractivity contribution in [3.05, 3.63) is 75.3 Å². The SMILES string of the molecule is CCC(NCCc1ccccc1)c1nc2cc(Cl)ccc2c(=O)n1CC. The second-order valence-electron chi connectivity index (χ2n) is 6.33. The van der Waals surface area contributed by atoms with Crippen LogP contribution in [0.4, 0.5) is 0 Å². The number of rotatable bonds is 7. The van der Waals surface area contributed by atoms with Gasteiger partial charge in [0.15, 0.2) is 0 Å². The number of halogens is 1. The van der Waals surface area contributed by atoms with Gasteiger partial charge in [0.05, 0.1) is 16.9 Å². The van der Waals surface area contributed by atoms with Crippen LogP contribution in [-0.2, 0) is 13.0 Å². The molecule has 3 rings (SSSR count). The predicted octanol–water partition coefficient (Wildman–Crippen LogP) is 4.35. The molecule has 0 radical (unpaired) electrons. The van der Waals surface area contributed by atoms with Crippen LogP contribution in [0.5, 0.6) is 0 Å². The van der Waals surface area contributed by atoms with Gasteiger partial charge in [-0.2, -0.15) is 0 Å². The van der Waals surface area contributed by atoms with Gasteiger partial charge >= 0.3 is 0 Å². The van der Waals surface area contributed by atoms with Gasteiger partial charge in [-0.15, -0.1) is 0 Å². The maximum absolute atomic E-state index is 12.9. The highest BCUT2D eigenvalue weighted by Crippen LogP contribution is 2.19. The van der Waals surface area contributed by atoms with Crippen LogP contribution in [-0.4, -0.2) is 16.1 Å². The fraction of sp³-hybridized carbons (Fsp3) is 0.333. The largest absolute Gasteiger partial charge is 0.307 e. The summed E-state index contributed by atoms with van der Waals surface area (Å²) >= 11 is 6.10. The Morgan fingerprint density at radius 1 is 1.15 bits per heavy atom. The summed E-state index contributed by atoms with van der Waals surface area (Å²) in [6, 6.07) is 15.7. The molecule has 0 saturated heterocycles. The van der Waals surface area contributed by atoms with Crippen molar-refractivity contribution in [1.82, 2.24) is 14.9 Å². The highest BCUT2D eigenvalue weighted by atomic mass is 35.5. The molecule has 0 fully saturated rings. The van der Waals surface area contributed by atoms with Crippen molar-refractivity contribution in [2.24, 2.45) is 0 Å². The van der Waals surface area contributed by atoms with Crippen molar-refractivity contribution < 1.29 is 0 Å². The molecule has 0 aliphatic rings. The molecular formula is C21H24ClN3O. The van der Waals surface area contributed by atoms with Crippen LogP contribution in [0.15, 0.2) is 53.3 Å². The molecule has 5 heteroatoms. The van der Waals surface area contributed by atoms with Crippen LogP contribution in [0.2, 0.25) is 5.02 Å². The van der Waals surface area contributed by atoms with E-state index in [1.54, 1.807) is 22.8 Å². The summed E-state index contributed by atoms with van der Waals surface area (Å²) in [5.74, 6) is 0.780. The Kier molecular flexibility index (Phi) is 6.07. The highest BCUT2D eigenvalue weighted by molar-refractivity contribution is 6.31. The molecule has 1 unspecified atom stereocenters. The minimum atomic E-state index is -0.00697. The molecule has 1 N–H and O–H groups in total. The quantitative estimate of drug-likeness (QED) is 0.673. The first-order chi connectivity index (χ1) is 12.6. The molecule has 26 heavy (non-hydrogen) atoms. The van der Waals surface area contributed by atoms with Gasteiger partial charge in [-0.3, -0.25) is 9.36 Å². The van der Waals surface area contributed by atoms with E-state index in [-0.39, 0.29) is 11.6 Å². The number of benzene rings is 2. The van der Waals surface area contributed by atoms with Crippen molar-refractivity contribution in [2.75, 3.05) is 6.54 Å². The smallest absolute Gasteiger partial charge is 0.261 e. The molecule has 0 spiro atoms. The summed E-state index contributed by atoms with van der Waals surface area (Å²) in [5.41, 5.74) is 1.94. The molecule has 3 aromatic rings. The zero-order chi connectivity index (χ0) is 18.5. The lowest BCUT2D eigenvalue weighted by molar-refractivity contribution is 0.466. The van der Waals surface area contributed by atoms with Gasteiger partial charge in [0, 0.05) is 11.6 Å². The zero-order valence-electron chi connectivity index (χ0n) is 15.2. The summed E-state index contributed by atoms with van der Waals surface area (Å²) in [5, 5.41) is 4.76.